The second-order valence-electron chi connectivity index (χ2n) is 3.23. The minimum Gasteiger partial charge on any atom is -0.379 e. The van der Waals surface area contributed by atoms with E-state index in [2.05, 4.69) is 29.4 Å². The number of hydrogen-bond acceptors (Lipinski definition) is 5. The van der Waals surface area contributed by atoms with Crippen LogP contribution in [0.3, 0.4) is 0 Å². The first kappa shape index (κ1) is 9.91. The second kappa shape index (κ2) is 4.76. The molecule has 0 bridgehead atoms. The fourth-order valence-corrected chi connectivity index (χ4v) is 0.841. The van der Waals surface area contributed by atoms with Crippen LogP contribution in [0.25, 0.3) is 0 Å². The molecule has 1 rings (SSSR count). The molecule has 1 aromatic rings. The molecular formula is C7H15N5O. The molecule has 0 atom stereocenters. The van der Waals surface area contributed by atoms with Crippen LogP contribution in [0.5, 0.6) is 0 Å². The Hall–Kier alpha value is -1.17. The molecule has 0 spiro atoms. The number of ether oxygens (including phenoxy) is 1. The van der Waals surface area contributed by atoms with Gasteiger partial charge >= 0.3 is 0 Å². The Labute approximate surface area is 77.1 Å². The molecular weight excluding hydrogens is 170 g/mol. The normalized spacial score (nSPS) is 11.0. The van der Waals surface area contributed by atoms with Crippen molar-refractivity contribution in [3.05, 3.63) is 0 Å². The molecule has 0 fully saturated rings. The topological polar surface area (TPSA) is 78.8 Å². The molecule has 74 valence electrons. The third-order valence-electron chi connectivity index (χ3n) is 1.46. The highest BCUT2D eigenvalue weighted by molar-refractivity contribution is 5.09. The van der Waals surface area contributed by atoms with Crippen LogP contribution in [0.15, 0.2) is 0 Å². The molecule has 0 aliphatic rings. The minimum absolute atomic E-state index is 0.327. The van der Waals surface area contributed by atoms with Gasteiger partial charge in [0.25, 0.3) is 0 Å². The zero-order valence-corrected chi connectivity index (χ0v) is 7.97. The summed E-state index contributed by atoms with van der Waals surface area (Å²) in [5, 5.41) is 10.7. The van der Waals surface area contributed by atoms with E-state index in [4.69, 9.17) is 10.5 Å². The smallest absolute Gasteiger partial charge is 0.240 e. The summed E-state index contributed by atoms with van der Waals surface area (Å²) in [6, 6.07) is 0. The van der Waals surface area contributed by atoms with E-state index in [0.717, 1.165) is 6.61 Å². The maximum atomic E-state index is 5.45. The number of anilines is 1. The van der Waals surface area contributed by atoms with Crippen LogP contribution in [-0.4, -0.2) is 33.4 Å². The Morgan fingerprint density at radius 1 is 1.54 bits per heavy atom. The lowest BCUT2D eigenvalue weighted by Crippen LogP contribution is -2.12. The van der Waals surface area contributed by atoms with E-state index in [1.807, 2.05) is 0 Å². The predicted octanol–water partition coefficient (Wildman–Crippen LogP) is -0.0721. The molecule has 1 aromatic heterocycles. The summed E-state index contributed by atoms with van der Waals surface area (Å²) in [6.07, 6.45) is 0. The molecule has 0 saturated heterocycles. The van der Waals surface area contributed by atoms with Crippen molar-refractivity contribution in [1.82, 2.24) is 20.2 Å². The van der Waals surface area contributed by atoms with Gasteiger partial charge in [-0.15, -0.1) is 0 Å². The minimum atomic E-state index is 0.327. The van der Waals surface area contributed by atoms with Crippen LogP contribution >= 0.6 is 0 Å². The van der Waals surface area contributed by atoms with Crippen LogP contribution in [0.4, 0.5) is 5.95 Å². The highest BCUT2D eigenvalue weighted by Crippen LogP contribution is 1.95. The molecule has 1 heterocycles. The van der Waals surface area contributed by atoms with Gasteiger partial charge in [0.05, 0.1) is 13.2 Å². The van der Waals surface area contributed by atoms with Gasteiger partial charge in [-0.25, -0.2) is 4.68 Å². The van der Waals surface area contributed by atoms with Crippen molar-refractivity contribution >= 4 is 5.95 Å². The van der Waals surface area contributed by atoms with Gasteiger partial charge in [0, 0.05) is 6.61 Å². The molecule has 0 radical (unpaired) electrons. The zero-order valence-electron chi connectivity index (χ0n) is 7.97. The molecule has 2 N–H and O–H groups in total. The van der Waals surface area contributed by atoms with Gasteiger partial charge in [-0.2, -0.15) is 0 Å². The Morgan fingerprint density at radius 2 is 2.31 bits per heavy atom. The first-order valence-corrected chi connectivity index (χ1v) is 4.29. The third kappa shape index (κ3) is 3.37. The molecule has 0 amide bonds. The lowest BCUT2D eigenvalue weighted by molar-refractivity contribution is 0.101. The Morgan fingerprint density at radius 3 is 2.85 bits per heavy atom. The highest BCUT2D eigenvalue weighted by Gasteiger charge is 2.00. The van der Waals surface area contributed by atoms with Crippen molar-refractivity contribution in [2.45, 2.75) is 20.4 Å². The summed E-state index contributed by atoms with van der Waals surface area (Å²) in [5.74, 6) is 0.874. The average molecular weight is 185 g/mol. The van der Waals surface area contributed by atoms with Crippen LogP contribution in [0.1, 0.15) is 13.8 Å². The Balaban J connectivity index is 2.17. The van der Waals surface area contributed by atoms with E-state index in [1.165, 1.54) is 4.68 Å². The fourth-order valence-electron chi connectivity index (χ4n) is 0.841. The summed E-state index contributed by atoms with van der Waals surface area (Å²) < 4.78 is 6.87. The van der Waals surface area contributed by atoms with Gasteiger partial charge in [0.2, 0.25) is 5.95 Å². The number of hydrogen-bond donors (Lipinski definition) is 1. The van der Waals surface area contributed by atoms with Gasteiger partial charge in [0.1, 0.15) is 0 Å². The number of nitrogen functional groups attached to an aromatic ring is 1. The largest absolute Gasteiger partial charge is 0.379 e. The molecule has 0 aliphatic heterocycles. The Bertz CT molecular complexity index is 247. The first-order valence-electron chi connectivity index (χ1n) is 4.29. The number of rotatable bonds is 5. The van der Waals surface area contributed by atoms with Crippen LogP contribution in [0, 0.1) is 5.92 Å². The Kier molecular flexibility index (Phi) is 3.63. The lowest BCUT2D eigenvalue weighted by Gasteiger charge is -2.06. The van der Waals surface area contributed by atoms with E-state index in [9.17, 15) is 0 Å². The van der Waals surface area contributed by atoms with Crippen LogP contribution in [0.2, 0.25) is 0 Å². The van der Waals surface area contributed by atoms with E-state index in [1.54, 1.807) is 0 Å². The number of aromatic nitrogens is 4. The van der Waals surface area contributed by atoms with Gasteiger partial charge in [-0.1, -0.05) is 18.9 Å². The van der Waals surface area contributed by atoms with Crippen molar-refractivity contribution < 1.29 is 4.74 Å². The van der Waals surface area contributed by atoms with Crippen molar-refractivity contribution in [1.29, 1.82) is 0 Å². The van der Waals surface area contributed by atoms with E-state index in [-0.39, 0.29) is 0 Å². The predicted molar refractivity (Wildman–Crippen MR) is 47.9 cm³/mol. The van der Waals surface area contributed by atoms with Crippen LogP contribution < -0.4 is 5.73 Å². The number of tetrazole rings is 1. The maximum absolute atomic E-state index is 5.45. The summed E-state index contributed by atoms with van der Waals surface area (Å²) in [6.45, 7) is 6.15. The van der Waals surface area contributed by atoms with Gasteiger partial charge < -0.3 is 10.5 Å². The summed E-state index contributed by atoms with van der Waals surface area (Å²) in [5.41, 5.74) is 5.45. The lowest BCUT2D eigenvalue weighted by atomic mass is 10.2. The highest BCUT2D eigenvalue weighted by atomic mass is 16.5. The van der Waals surface area contributed by atoms with Gasteiger partial charge in [-0.3, -0.25) is 0 Å². The SMILES string of the molecule is CC(C)COCCn1nnnc1N. The van der Waals surface area contributed by atoms with E-state index < -0.39 is 0 Å². The van der Waals surface area contributed by atoms with Gasteiger partial charge in [-0.05, 0) is 16.3 Å². The number of nitrogens with zero attached hydrogens (tertiary/aromatic N) is 4. The van der Waals surface area contributed by atoms with Gasteiger partial charge in [0.15, 0.2) is 0 Å². The summed E-state index contributed by atoms with van der Waals surface area (Å²) in [4.78, 5) is 0. The molecule has 0 aromatic carbocycles. The molecule has 0 aliphatic carbocycles. The fraction of sp³-hybridized carbons (Fsp3) is 0.857. The quantitative estimate of drug-likeness (QED) is 0.649. The molecule has 0 saturated carbocycles. The zero-order chi connectivity index (χ0) is 9.68. The maximum Gasteiger partial charge on any atom is 0.240 e. The molecule has 0 unspecified atom stereocenters. The average Bonchev–Trinajstić information content (AvgIpc) is 2.45. The molecule has 6 heteroatoms. The van der Waals surface area contributed by atoms with Crippen molar-refractivity contribution in [3.63, 3.8) is 0 Å². The number of nitrogens with two attached hydrogens (primary N) is 1. The summed E-state index contributed by atoms with van der Waals surface area (Å²) >= 11 is 0. The van der Waals surface area contributed by atoms with Crippen molar-refractivity contribution in [2.75, 3.05) is 18.9 Å². The van der Waals surface area contributed by atoms with Crippen LogP contribution in [-0.2, 0) is 11.3 Å². The monoisotopic (exact) mass is 185 g/mol. The second-order valence-corrected chi connectivity index (χ2v) is 3.23. The molecule has 6 nitrogen and oxygen atoms in total. The van der Waals surface area contributed by atoms with E-state index >= 15 is 0 Å². The summed E-state index contributed by atoms with van der Waals surface area (Å²) in [7, 11) is 0. The first-order chi connectivity index (χ1) is 6.20. The molecule has 13 heavy (non-hydrogen) atoms. The third-order valence-corrected chi connectivity index (χ3v) is 1.46. The van der Waals surface area contributed by atoms with Crippen molar-refractivity contribution in [2.24, 2.45) is 5.92 Å². The van der Waals surface area contributed by atoms with E-state index in [0.29, 0.717) is 25.0 Å². The standard InChI is InChI=1S/C7H15N5O/c1-6(2)5-13-4-3-12-7(8)9-10-11-12/h6H,3-5H2,1-2H3,(H2,8,9,11). The van der Waals surface area contributed by atoms with Crippen molar-refractivity contribution in [3.8, 4) is 0 Å².